The third-order valence-electron chi connectivity index (χ3n) is 2.49. The van der Waals surface area contributed by atoms with Gasteiger partial charge >= 0.3 is 0 Å². The van der Waals surface area contributed by atoms with Gasteiger partial charge in [-0.05, 0) is 26.0 Å². The lowest BCUT2D eigenvalue weighted by molar-refractivity contribution is -0.166. The van der Waals surface area contributed by atoms with Gasteiger partial charge in [-0.15, -0.1) is 0 Å². The Bertz CT molecular complexity index is 482. The second-order valence-corrected chi connectivity index (χ2v) is 4.70. The molecule has 0 amide bonds. The molecule has 0 aliphatic carbocycles. The molecular formula is C14H16Cl2O4. The van der Waals surface area contributed by atoms with Crippen LogP contribution in [0.5, 0.6) is 0 Å². The first kappa shape index (κ1) is 17.1. The van der Waals surface area contributed by atoms with Crippen molar-refractivity contribution in [1.29, 1.82) is 0 Å². The van der Waals surface area contributed by atoms with Crippen molar-refractivity contribution < 1.29 is 19.1 Å². The van der Waals surface area contributed by atoms with E-state index in [0.29, 0.717) is 13.2 Å². The Kier molecular flexibility index (Phi) is 7.16. The zero-order chi connectivity index (χ0) is 15.1. The van der Waals surface area contributed by atoms with Crippen molar-refractivity contribution in [3.63, 3.8) is 0 Å². The molecule has 20 heavy (non-hydrogen) atoms. The number of benzene rings is 1. The smallest absolute Gasteiger partial charge is 0.218 e. The minimum Gasteiger partial charge on any atom is -0.346 e. The number of ketones is 2. The topological polar surface area (TPSA) is 52.6 Å². The Labute approximate surface area is 128 Å². The van der Waals surface area contributed by atoms with Crippen LogP contribution in [0.2, 0.25) is 10.0 Å². The van der Waals surface area contributed by atoms with Gasteiger partial charge in [0.2, 0.25) is 6.29 Å². The van der Waals surface area contributed by atoms with Gasteiger partial charge < -0.3 is 9.47 Å². The van der Waals surface area contributed by atoms with Crippen molar-refractivity contribution in [2.45, 2.75) is 26.6 Å². The zero-order valence-electron chi connectivity index (χ0n) is 11.3. The van der Waals surface area contributed by atoms with E-state index in [0.717, 1.165) is 0 Å². The molecule has 4 nitrogen and oxygen atoms in total. The maximum absolute atomic E-state index is 12.1. The highest BCUT2D eigenvalue weighted by atomic mass is 35.5. The van der Waals surface area contributed by atoms with E-state index in [9.17, 15) is 9.59 Å². The number of carbonyl (C=O) groups excluding carboxylic acids is 2. The van der Waals surface area contributed by atoms with E-state index in [4.69, 9.17) is 32.7 Å². The first-order chi connectivity index (χ1) is 9.51. The molecule has 0 N–H and O–H groups in total. The summed E-state index contributed by atoms with van der Waals surface area (Å²) < 4.78 is 10.3. The third-order valence-corrected chi connectivity index (χ3v) is 3.30. The average molecular weight is 319 g/mol. The van der Waals surface area contributed by atoms with E-state index in [2.05, 4.69) is 0 Å². The lowest BCUT2D eigenvalue weighted by Crippen LogP contribution is -2.29. The predicted octanol–water partition coefficient (Wildman–Crippen LogP) is 3.53. The van der Waals surface area contributed by atoms with Gasteiger partial charge in [-0.2, -0.15) is 0 Å². The lowest BCUT2D eigenvalue weighted by atomic mass is 10.1. The highest BCUT2D eigenvalue weighted by Gasteiger charge is 2.23. The highest BCUT2D eigenvalue weighted by molar-refractivity contribution is 6.44. The minimum absolute atomic E-state index is 0.149. The molecule has 6 heteroatoms. The summed E-state index contributed by atoms with van der Waals surface area (Å²) in [5.74, 6) is -0.846. The van der Waals surface area contributed by atoms with Crippen LogP contribution in [0, 0.1) is 0 Å². The molecule has 0 saturated carbocycles. The predicted molar refractivity (Wildman–Crippen MR) is 77.5 cm³/mol. The van der Waals surface area contributed by atoms with E-state index >= 15 is 0 Å². The van der Waals surface area contributed by atoms with Crippen LogP contribution in [0.3, 0.4) is 0 Å². The van der Waals surface area contributed by atoms with Crippen LogP contribution in [0.4, 0.5) is 0 Å². The minimum atomic E-state index is -1.02. The maximum Gasteiger partial charge on any atom is 0.218 e. The number of halogens is 2. The van der Waals surface area contributed by atoms with Gasteiger partial charge in [0.1, 0.15) is 0 Å². The fraction of sp³-hybridized carbons (Fsp3) is 0.429. The summed E-state index contributed by atoms with van der Waals surface area (Å²) in [5.41, 5.74) is 0.222. The van der Waals surface area contributed by atoms with Crippen molar-refractivity contribution in [2.24, 2.45) is 0 Å². The number of carbonyl (C=O) groups is 2. The van der Waals surface area contributed by atoms with Gasteiger partial charge in [0, 0.05) is 18.8 Å². The number of ether oxygens (including phenoxy) is 2. The maximum atomic E-state index is 12.1. The molecule has 1 aromatic rings. The quantitative estimate of drug-likeness (QED) is 0.418. The standard InChI is InChI=1S/C14H16Cl2O4/c1-3-19-14(20-4-2)12(18)8-11(17)9-6-5-7-10(15)13(9)16/h5-7,14H,3-4,8H2,1-2H3. The molecule has 0 saturated heterocycles. The molecule has 110 valence electrons. The van der Waals surface area contributed by atoms with E-state index in [1.54, 1.807) is 26.0 Å². The molecule has 1 aromatic carbocycles. The summed E-state index contributed by atoms with van der Waals surface area (Å²) >= 11 is 11.8. The molecule has 0 unspecified atom stereocenters. The Morgan fingerprint density at radius 1 is 1.15 bits per heavy atom. The van der Waals surface area contributed by atoms with Crippen molar-refractivity contribution in [3.8, 4) is 0 Å². The molecule has 0 fully saturated rings. The molecule has 0 spiro atoms. The van der Waals surface area contributed by atoms with E-state index in [-0.39, 0.29) is 22.0 Å². The molecule has 0 aliphatic rings. The molecule has 0 atom stereocenters. The largest absolute Gasteiger partial charge is 0.346 e. The Morgan fingerprint density at radius 2 is 1.75 bits per heavy atom. The highest BCUT2D eigenvalue weighted by Crippen LogP contribution is 2.26. The van der Waals surface area contributed by atoms with Crippen molar-refractivity contribution >= 4 is 34.8 Å². The first-order valence-corrected chi connectivity index (χ1v) is 6.99. The van der Waals surface area contributed by atoms with Gasteiger partial charge in [-0.3, -0.25) is 9.59 Å². The average Bonchev–Trinajstić information content (AvgIpc) is 2.41. The number of Topliss-reactive ketones (excluding diaryl/α,β-unsaturated/α-hetero) is 2. The number of hydrogen-bond acceptors (Lipinski definition) is 4. The van der Waals surface area contributed by atoms with Gasteiger partial charge in [0.05, 0.1) is 16.5 Å². The Hall–Kier alpha value is -0.940. The van der Waals surface area contributed by atoms with Crippen molar-refractivity contribution in [1.82, 2.24) is 0 Å². The lowest BCUT2D eigenvalue weighted by Gasteiger charge is -2.15. The zero-order valence-corrected chi connectivity index (χ0v) is 12.8. The summed E-state index contributed by atoms with van der Waals surface area (Å²) in [6.45, 7) is 4.13. The summed E-state index contributed by atoms with van der Waals surface area (Å²) in [7, 11) is 0. The molecule has 0 radical (unpaired) electrons. The first-order valence-electron chi connectivity index (χ1n) is 6.24. The number of hydrogen-bond donors (Lipinski definition) is 0. The molecule has 0 bridgehead atoms. The fourth-order valence-corrected chi connectivity index (χ4v) is 2.00. The summed E-state index contributed by atoms with van der Waals surface area (Å²) in [6, 6.07) is 4.71. The summed E-state index contributed by atoms with van der Waals surface area (Å²) in [4.78, 5) is 24.0. The van der Waals surface area contributed by atoms with Gasteiger partial charge in [-0.1, -0.05) is 29.3 Å². The monoisotopic (exact) mass is 318 g/mol. The second kappa shape index (κ2) is 8.37. The van der Waals surface area contributed by atoms with Gasteiger partial charge in [-0.25, -0.2) is 0 Å². The van der Waals surface area contributed by atoms with Crippen LogP contribution in [0.15, 0.2) is 18.2 Å². The van der Waals surface area contributed by atoms with Crippen LogP contribution in [-0.2, 0) is 14.3 Å². The van der Waals surface area contributed by atoms with Gasteiger partial charge in [0.15, 0.2) is 11.6 Å². The molecule has 0 aromatic heterocycles. The molecule has 0 aliphatic heterocycles. The second-order valence-electron chi connectivity index (χ2n) is 3.91. The summed E-state index contributed by atoms with van der Waals surface area (Å²) in [5, 5.41) is 0.424. The van der Waals surface area contributed by atoms with Crippen LogP contribution in [0.1, 0.15) is 30.6 Å². The molecular weight excluding hydrogens is 303 g/mol. The van der Waals surface area contributed by atoms with Crippen LogP contribution < -0.4 is 0 Å². The Morgan fingerprint density at radius 3 is 2.30 bits per heavy atom. The third kappa shape index (κ3) is 4.56. The van der Waals surface area contributed by atoms with Crippen LogP contribution in [-0.4, -0.2) is 31.1 Å². The normalized spacial score (nSPS) is 10.8. The Balaban J connectivity index is 2.78. The summed E-state index contributed by atoms with van der Waals surface area (Å²) in [6.07, 6.45) is -1.36. The molecule has 0 heterocycles. The van der Waals surface area contributed by atoms with E-state index < -0.39 is 17.9 Å². The van der Waals surface area contributed by atoms with Crippen molar-refractivity contribution in [3.05, 3.63) is 33.8 Å². The van der Waals surface area contributed by atoms with Crippen LogP contribution >= 0.6 is 23.2 Å². The molecule has 1 rings (SSSR count). The van der Waals surface area contributed by atoms with E-state index in [1.807, 2.05) is 0 Å². The SMILES string of the molecule is CCOC(OCC)C(=O)CC(=O)c1cccc(Cl)c1Cl. The fourth-order valence-electron chi connectivity index (χ4n) is 1.59. The van der Waals surface area contributed by atoms with Crippen molar-refractivity contribution in [2.75, 3.05) is 13.2 Å². The van der Waals surface area contributed by atoms with E-state index in [1.165, 1.54) is 6.07 Å². The van der Waals surface area contributed by atoms with Crippen LogP contribution in [0.25, 0.3) is 0 Å². The van der Waals surface area contributed by atoms with Gasteiger partial charge in [0.25, 0.3) is 0 Å². The number of rotatable bonds is 8.